The van der Waals surface area contributed by atoms with Crippen LogP contribution < -0.4 is 14.8 Å². The Morgan fingerprint density at radius 1 is 1.07 bits per heavy atom. The minimum Gasteiger partial charge on any atom is -0.493 e. The van der Waals surface area contributed by atoms with Gasteiger partial charge in [0.15, 0.2) is 11.5 Å². The van der Waals surface area contributed by atoms with Crippen molar-refractivity contribution in [3.05, 3.63) is 77.8 Å². The van der Waals surface area contributed by atoms with Crippen molar-refractivity contribution in [1.82, 2.24) is 5.32 Å². The number of rotatable bonds is 8. The molecule has 0 bridgehead atoms. The standard InChI is InChI=1S/C23H22FNO4/c1-27-21-10-7-16(15-22(21)28-2)13-14-25-23(26)12-9-17-8-11-20(29-17)18-5-3-4-6-19(18)24/h3-12,15H,13-14H2,1-2H3,(H,25,26)/b12-9+. The van der Waals surface area contributed by atoms with Crippen molar-refractivity contribution in [1.29, 1.82) is 0 Å². The van der Waals surface area contributed by atoms with Crippen LogP contribution in [0.15, 0.2) is 65.1 Å². The smallest absolute Gasteiger partial charge is 0.244 e. The van der Waals surface area contributed by atoms with Gasteiger partial charge in [-0.1, -0.05) is 18.2 Å². The normalized spacial score (nSPS) is 10.9. The molecule has 5 nitrogen and oxygen atoms in total. The first-order valence-corrected chi connectivity index (χ1v) is 9.12. The van der Waals surface area contributed by atoms with Gasteiger partial charge in [0.2, 0.25) is 5.91 Å². The van der Waals surface area contributed by atoms with Crippen molar-refractivity contribution in [2.45, 2.75) is 6.42 Å². The fraction of sp³-hybridized carbons (Fsp3) is 0.174. The van der Waals surface area contributed by atoms with E-state index in [1.165, 1.54) is 12.1 Å². The van der Waals surface area contributed by atoms with Crippen LogP contribution >= 0.6 is 0 Å². The SMILES string of the molecule is COc1ccc(CCNC(=O)/C=C/c2ccc(-c3ccccc3F)o2)cc1OC. The van der Waals surface area contributed by atoms with Crippen LogP contribution in [0.5, 0.6) is 11.5 Å². The highest BCUT2D eigenvalue weighted by molar-refractivity contribution is 5.91. The topological polar surface area (TPSA) is 60.7 Å². The summed E-state index contributed by atoms with van der Waals surface area (Å²) in [5.74, 6) is 1.60. The first-order valence-electron chi connectivity index (χ1n) is 9.12. The first kappa shape index (κ1) is 20.2. The van der Waals surface area contributed by atoms with Gasteiger partial charge in [-0.15, -0.1) is 0 Å². The Kier molecular flexibility index (Phi) is 6.68. The fourth-order valence-electron chi connectivity index (χ4n) is 2.83. The molecule has 1 amide bonds. The lowest BCUT2D eigenvalue weighted by molar-refractivity contribution is -0.116. The van der Waals surface area contributed by atoms with Crippen LogP contribution in [-0.4, -0.2) is 26.7 Å². The highest BCUT2D eigenvalue weighted by Gasteiger charge is 2.08. The fourth-order valence-corrected chi connectivity index (χ4v) is 2.83. The monoisotopic (exact) mass is 395 g/mol. The molecule has 0 aliphatic carbocycles. The summed E-state index contributed by atoms with van der Waals surface area (Å²) in [5.41, 5.74) is 1.40. The van der Waals surface area contributed by atoms with E-state index < -0.39 is 0 Å². The van der Waals surface area contributed by atoms with E-state index in [4.69, 9.17) is 13.9 Å². The van der Waals surface area contributed by atoms with E-state index in [0.29, 0.717) is 41.5 Å². The van der Waals surface area contributed by atoms with Gasteiger partial charge in [-0.3, -0.25) is 4.79 Å². The highest BCUT2D eigenvalue weighted by atomic mass is 19.1. The number of halogens is 1. The van der Waals surface area contributed by atoms with E-state index in [0.717, 1.165) is 5.56 Å². The molecule has 0 fully saturated rings. The zero-order chi connectivity index (χ0) is 20.6. The Balaban J connectivity index is 1.52. The molecular formula is C23H22FNO4. The lowest BCUT2D eigenvalue weighted by Gasteiger charge is -2.09. The molecule has 29 heavy (non-hydrogen) atoms. The molecule has 0 aliphatic rings. The van der Waals surface area contributed by atoms with Crippen LogP contribution in [0.1, 0.15) is 11.3 Å². The third-order valence-electron chi connectivity index (χ3n) is 4.33. The van der Waals surface area contributed by atoms with Crippen LogP contribution in [0.25, 0.3) is 17.4 Å². The predicted molar refractivity (Wildman–Crippen MR) is 109 cm³/mol. The average molecular weight is 395 g/mol. The van der Waals surface area contributed by atoms with Gasteiger partial charge in [0.25, 0.3) is 0 Å². The van der Waals surface area contributed by atoms with E-state index in [2.05, 4.69) is 5.32 Å². The summed E-state index contributed by atoms with van der Waals surface area (Å²) in [5, 5.41) is 2.82. The molecule has 0 saturated heterocycles. The zero-order valence-electron chi connectivity index (χ0n) is 16.3. The maximum atomic E-state index is 13.8. The lowest BCUT2D eigenvalue weighted by Crippen LogP contribution is -2.23. The van der Waals surface area contributed by atoms with Crippen molar-refractivity contribution in [3.8, 4) is 22.8 Å². The summed E-state index contributed by atoms with van der Waals surface area (Å²) in [6, 6.07) is 15.4. The molecule has 0 atom stereocenters. The van der Waals surface area contributed by atoms with Crippen molar-refractivity contribution in [2.75, 3.05) is 20.8 Å². The predicted octanol–water partition coefficient (Wildman–Crippen LogP) is 4.48. The maximum Gasteiger partial charge on any atom is 0.244 e. The van der Waals surface area contributed by atoms with E-state index in [9.17, 15) is 9.18 Å². The molecule has 1 N–H and O–H groups in total. The second-order valence-corrected chi connectivity index (χ2v) is 6.25. The van der Waals surface area contributed by atoms with E-state index in [1.54, 1.807) is 50.6 Å². The number of nitrogens with one attached hydrogen (secondary N) is 1. The van der Waals surface area contributed by atoms with Crippen LogP contribution in [0.3, 0.4) is 0 Å². The second-order valence-electron chi connectivity index (χ2n) is 6.25. The average Bonchev–Trinajstić information content (AvgIpc) is 3.21. The number of methoxy groups -OCH3 is 2. The van der Waals surface area contributed by atoms with Gasteiger partial charge in [0.1, 0.15) is 17.3 Å². The molecule has 1 aromatic heterocycles. The van der Waals surface area contributed by atoms with E-state index in [1.807, 2.05) is 18.2 Å². The third kappa shape index (κ3) is 5.25. The number of furan rings is 1. The largest absolute Gasteiger partial charge is 0.493 e. The number of benzene rings is 2. The van der Waals surface area contributed by atoms with Gasteiger partial charge in [0, 0.05) is 12.6 Å². The Morgan fingerprint density at radius 3 is 2.62 bits per heavy atom. The van der Waals surface area contributed by atoms with E-state index in [-0.39, 0.29) is 11.7 Å². The molecule has 1 heterocycles. The molecule has 0 unspecified atom stereocenters. The minimum atomic E-state index is -0.356. The van der Waals surface area contributed by atoms with Gasteiger partial charge >= 0.3 is 0 Å². The number of hydrogen-bond acceptors (Lipinski definition) is 4. The Bertz CT molecular complexity index is 1010. The van der Waals surface area contributed by atoms with Gasteiger partial charge < -0.3 is 19.2 Å². The number of hydrogen-bond donors (Lipinski definition) is 1. The Hall–Kier alpha value is -3.54. The number of carbonyl (C=O) groups excluding carboxylic acids is 1. The van der Waals surface area contributed by atoms with Gasteiger partial charge in [0.05, 0.1) is 19.8 Å². The van der Waals surface area contributed by atoms with Crippen molar-refractivity contribution in [3.63, 3.8) is 0 Å². The van der Waals surface area contributed by atoms with Crippen LogP contribution in [-0.2, 0) is 11.2 Å². The second kappa shape index (κ2) is 9.59. The summed E-state index contributed by atoms with van der Waals surface area (Å²) in [7, 11) is 3.17. The van der Waals surface area contributed by atoms with Gasteiger partial charge in [-0.25, -0.2) is 4.39 Å². The van der Waals surface area contributed by atoms with E-state index >= 15 is 0 Å². The van der Waals surface area contributed by atoms with Crippen molar-refractivity contribution < 1.29 is 23.1 Å². The Labute approximate surface area is 168 Å². The molecule has 3 aromatic rings. The zero-order valence-corrected chi connectivity index (χ0v) is 16.3. The molecular weight excluding hydrogens is 373 g/mol. The molecule has 150 valence electrons. The summed E-state index contributed by atoms with van der Waals surface area (Å²) < 4.78 is 29.9. The maximum absolute atomic E-state index is 13.8. The summed E-state index contributed by atoms with van der Waals surface area (Å²) in [6.45, 7) is 0.470. The van der Waals surface area contributed by atoms with Crippen LogP contribution in [0.2, 0.25) is 0 Å². The first-order chi connectivity index (χ1) is 14.1. The minimum absolute atomic E-state index is 0.241. The summed E-state index contributed by atoms with van der Waals surface area (Å²) >= 11 is 0. The van der Waals surface area contributed by atoms with Gasteiger partial charge in [-0.05, 0) is 54.5 Å². The summed E-state index contributed by atoms with van der Waals surface area (Å²) in [6.07, 6.45) is 3.59. The molecule has 0 spiro atoms. The molecule has 0 radical (unpaired) electrons. The van der Waals surface area contributed by atoms with Crippen molar-refractivity contribution >= 4 is 12.0 Å². The summed E-state index contributed by atoms with van der Waals surface area (Å²) in [4.78, 5) is 12.0. The molecule has 2 aromatic carbocycles. The lowest BCUT2D eigenvalue weighted by atomic mass is 10.1. The quantitative estimate of drug-likeness (QED) is 0.572. The molecule has 0 saturated carbocycles. The number of carbonyl (C=O) groups is 1. The van der Waals surface area contributed by atoms with Gasteiger partial charge in [-0.2, -0.15) is 0 Å². The molecule has 3 rings (SSSR count). The number of ether oxygens (including phenoxy) is 2. The Morgan fingerprint density at radius 2 is 1.86 bits per heavy atom. The van der Waals surface area contributed by atoms with Crippen LogP contribution in [0, 0.1) is 5.82 Å². The highest BCUT2D eigenvalue weighted by Crippen LogP contribution is 2.27. The van der Waals surface area contributed by atoms with Crippen molar-refractivity contribution in [2.24, 2.45) is 0 Å². The number of amides is 1. The van der Waals surface area contributed by atoms with Crippen LogP contribution in [0.4, 0.5) is 4.39 Å². The molecule has 0 aliphatic heterocycles. The third-order valence-corrected chi connectivity index (χ3v) is 4.33. The molecule has 6 heteroatoms.